The van der Waals surface area contributed by atoms with Crippen molar-refractivity contribution in [3.63, 3.8) is 0 Å². The number of nitrogens with zero attached hydrogens (tertiary/aromatic N) is 3. The number of hydrogen-bond donors (Lipinski definition) is 1. The zero-order chi connectivity index (χ0) is 15.4. The maximum atomic E-state index is 11.5. The van der Waals surface area contributed by atoms with Crippen LogP contribution in [0.15, 0.2) is 28.9 Å². The summed E-state index contributed by atoms with van der Waals surface area (Å²) in [5.41, 5.74) is 4.76. The lowest BCUT2D eigenvalue weighted by Gasteiger charge is -2.09. The van der Waals surface area contributed by atoms with Crippen LogP contribution in [0.5, 0.6) is 0 Å². The first-order chi connectivity index (χ1) is 10.5. The standard InChI is InChI=1S/C16H13BrN4O/c1-8-3-4-12-14(17)9(2)21(16(12)19-8)11-5-10-6-13(22)20-15(10)18-7-11/h3-5,7H,6H2,1-2H3,(H,18,20,22). The quantitative estimate of drug-likeness (QED) is 0.727. The van der Waals surface area contributed by atoms with Crippen molar-refractivity contribution in [3.05, 3.63) is 45.8 Å². The molecule has 0 bridgehead atoms. The molecule has 0 radical (unpaired) electrons. The number of amides is 1. The van der Waals surface area contributed by atoms with Gasteiger partial charge in [-0.25, -0.2) is 9.97 Å². The fourth-order valence-electron chi connectivity index (χ4n) is 2.87. The number of anilines is 1. The third-order valence-electron chi connectivity index (χ3n) is 3.93. The predicted octanol–water partition coefficient (Wildman–Crippen LogP) is 3.29. The van der Waals surface area contributed by atoms with Gasteiger partial charge >= 0.3 is 0 Å². The number of nitrogens with one attached hydrogen (secondary N) is 1. The molecule has 6 heteroatoms. The molecule has 4 heterocycles. The number of hydrogen-bond acceptors (Lipinski definition) is 3. The van der Waals surface area contributed by atoms with Crippen LogP contribution < -0.4 is 5.32 Å². The Balaban J connectivity index is 1.99. The largest absolute Gasteiger partial charge is 0.310 e. The summed E-state index contributed by atoms with van der Waals surface area (Å²) < 4.78 is 3.10. The average Bonchev–Trinajstić information content (AvgIpc) is 2.96. The summed E-state index contributed by atoms with van der Waals surface area (Å²) in [6.45, 7) is 4.02. The van der Waals surface area contributed by atoms with E-state index in [1.807, 2.05) is 26.0 Å². The average molecular weight is 357 g/mol. The van der Waals surface area contributed by atoms with Gasteiger partial charge in [-0.3, -0.25) is 9.36 Å². The number of aryl methyl sites for hydroxylation is 1. The Kier molecular flexibility index (Phi) is 2.84. The molecule has 1 N–H and O–H groups in total. The molecule has 3 aromatic heterocycles. The van der Waals surface area contributed by atoms with Crippen molar-refractivity contribution >= 4 is 38.7 Å². The molecule has 1 amide bonds. The van der Waals surface area contributed by atoms with Crippen LogP contribution >= 0.6 is 15.9 Å². The van der Waals surface area contributed by atoms with Crippen LogP contribution in [0, 0.1) is 13.8 Å². The van der Waals surface area contributed by atoms with Gasteiger partial charge in [0.05, 0.1) is 18.3 Å². The zero-order valence-corrected chi connectivity index (χ0v) is 13.7. The lowest BCUT2D eigenvalue weighted by Crippen LogP contribution is -2.04. The van der Waals surface area contributed by atoms with Gasteiger partial charge in [-0.1, -0.05) is 0 Å². The van der Waals surface area contributed by atoms with E-state index in [2.05, 4.69) is 41.8 Å². The van der Waals surface area contributed by atoms with Crippen molar-refractivity contribution < 1.29 is 4.79 Å². The third-order valence-corrected chi connectivity index (χ3v) is 4.94. The minimum absolute atomic E-state index is 0.0103. The van der Waals surface area contributed by atoms with E-state index in [1.54, 1.807) is 6.20 Å². The third kappa shape index (κ3) is 1.87. The minimum Gasteiger partial charge on any atom is -0.310 e. The van der Waals surface area contributed by atoms with Crippen molar-refractivity contribution in [2.24, 2.45) is 0 Å². The molecule has 0 spiro atoms. The molecule has 0 fully saturated rings. The zero-order valence-electron chi connectivity index (χ0n) is 12.1. The Morgan fingerprint density at radius 1 is 1.32 bits per heavy atom. The molecule has 3 aromatic rings. The Hall–Kier alpha value is -2.21. The first kappa shape index (κ1) is 13.5. The molecule has 0 unspecified atom stereocenters. The van der Waals surface area contributed by atoms with Crippen molar-refractivity contribution in [3.8, 4) is 5.69 Å². The second kappa shape index (κ2) is 4.64. The van der Waals surface area contributed by atoms with Crippen LogP contribution in [-0.2, 0) is 11.2 Å². The topological polar surface area (TPSA) is 59.8 Å². The monoisotopic (exact) mass is 356 g/mol. The highest BCUT2D eigenvalue weighted by atomic mass is 79.9. The highest BCUT2D eigenvalue weighted by Crippen LogP contribution is 2.33. The van der Waals surface area contributed by atoms with E-state index in [-0.39, 0.29) is 5.91 Å². The lowest BCUT2D eigenvalue weighted by atomic mass is 10.2. The van der Waals surface area contributed by atoms with E-state index in [9.17, 15) is 4.79 Å². The van der Waals surface area contributed by atoms with Crippen LogP contribution in [-0.4, -0.2) is 20.4 Å². The number of aromatic nitrogens is 3. The van der Waals surface area contributed by atoms with Crippen LogP contribution in [0.4, 0.5) is 5.82 Å². The Morgan fingerprint density at radius 3 is 2.95 bits per heavy atom. The Morgan fingerprint density at radius 2 is 2.14 bits per heavy atom. The van der Waals surface area contributed by atoms with Gasteiger partial charge in [0.1, 0.15) is 11.5 Å². The van der Waals surface area contributed by atoms with E-state index < -0.39 is 0 Å². The summed E-state index contributed by atoms with van der Waals surface area (Å²) in [6.07, 6.45) is 2.15. The molecular weight excluding hydrogens is 344 g/mol. The molecule has 1 aliphatic rings. The summed E-state index contributed by atoms with van der Waals surface area (Å²) in [4.78, 5) is 20.5. The number of halogens is 1. The van der Waals surface area contributed by atoms with E-state index >= 15 is 0 Å². The maximum Gasteiger partial charge on any atom is 0.230 e. The van der Waals surface area contributed by atoms with E-state index in [0.717, 1.165) is 38.1 Å². The number of carbonyl (C=O) groups is 1. The van der Waals surface area contributed by atoms with Gasteiger partial charge in [0.25, 0.3) is 0 Å². The predicted molar refractivity (Wildman–Crippen MR) is 88.4 cm³/mol. The summed E-state index contributed by atoms with van der Waals surface area (Å²) in [7, 11) is 0. The van der Waals surface area contributed by atoms with Crippen LogP contribution in [0.2, 0.25) is 0 Å². The second-order valence-corrected chi connectivity index (χ2v) is 6.28. The van der Waals surface area contributed by atoms with Gasteiger partial charge in [-0.15, -0.1) is 0 Å². The molecule has 110 valence electrons. The lowest BCUT2D eigenvalue weighted by molar-refractivity contribution is -0.115. The van der Waals surface area contributed by atoms with Crippen molar-refractivity contribution in [1.82, 2.24) is 14.5 Å². The van der Waals surface area contributed by atoms with Crippen LogP contribution in [0.25, 0.3) is 16.7 Å². The molecule has 0 atom stereocenters. The molecule has 0 aromatic carbocycles. The molecule has 4 rings (SSSR count). The summed E-state index contributed by atoms with van der Waals surface area (Å²) >= 11 is 3.65. The first-order valence-corrected chi connectivity index (χ1v) is 7.77. The maximum absolute atomic E-state index is 11.5. The van der Waals surface area contributed by atoms with Gasteiger partial charge in [0.2, 0.25) is 5.91 Å². The Bertz CT molecular complexity index is 945. The van der Waals surface area contributed by atoms with E-state index in [0.29, 0.717) is 12.2 Å². The molecular formula is C16H13BrN4O. The van der Waals surface area contributed by atoms with Crippen LogP contribution in [0.1, 0.15) is 17.0 Å². The number of carbonyl (C=O) groups excluding carboxylic acids is 1. The Labute approximate surface area is 135 Å². The fraction of sp³-hybridized carbons (Fsp3) is 0.188. The molecule has 0 saturated carbocycles. The van der Waals surface area contributed by atoms with Gasteiger partial charge in [-0.2, -0.15) is 0 Å². The number of rotatable bonds is 1. The molecule has 0 saturated heterocycles. The minimum atomic E-state index is -0.0103. The van der Waals surface area contributed by atoms with Crippen molar-refractivity contribution in [2.45, 2.75) is 20.3 Å². The summed E-state index contributed by atoms with van der Waals surface area (Å²) in [6, 6.07) is 6.07. The molecule has 1 aliphatic heterocycles. The van der Waals surface area contributed by atoms with Gasteiger partial charge < -0.3 is 5.32 Å². The molecule has 22 heavy (non-hydrogen) atoms. The fourth-order valence-corrected chi connectivity index (χ4v) is 3.36. The molecule has 5 nitrogen and oxygen atoms in total. The highest BCUT2D eigenvalue weighted by Gasteiger charge is 2.21. The normalized spacial score (nSPS) is 13.5. The second-order valence-electron chi connectivity index (χ2n) is 5.48. The number of pyridine rings is 2. The number of fused-ring (bicyclic) bond motifs is 2. The van der Waals surface area contributed by atoms with Gasteiger partial charge in [-0.05, 0) is 48.0 Å². The highest BCUT2D eigenvalue weighted by molar-refractivity contribution is 9.10. The first-order valence-electron chi connectivity index (χ1n) is 6.98. The van der Waals surface area contributed by atoms with Gasteiger partial charge in [0.15, 0.2) is 0 Å². The molecule has 0 aliphatic carbocycles. The summed E-state index contributed by atoms with van der Waals surface area (Å²) in [5.74, 6) is 0.648. The van der Waals surface area contributed by atoms with E-state index in [1.165, 1.54) is 0 Å². The SMILES string of the molecule is Cc1ccc2c(Br)c(C)n(-c3cnc4c(c3)CC(=O)N4)c2n1. The van der Waals surface area contributed by atoms with E-state index in [4.69, 9.17) is 0 Å². The van der Waals surface area contributed by atoms with Crippen molar-refractivity contribution in [1.29, 1.82) is 0 Å². The van der Waals surface area contributed by atoms with Crippen LogP contribution in [0.3, 0.4) is 0 Å². The van der Waals surface area contributed by atoms with Crippen molar-refractivity contribution in [2.75, 3.05) is 5.32 Å². The smallest absolute Gasteiger partial charge is 0.230 e. The van der Waals surface area contributed by atoms with Gasteiger partial charge in [0, 0.05) is 26.8 Å². The summed E-state index contributed by atoms with van der Waals surface area (Å²) in [5, 5.41) is 3.83.